The van der Waals surface area contributed by atoms with Crippen molar-refractivity contribution in [3.63, 3.8) is 0 Å². The van der Waals surface area contributed by atoms with E-state index in [1.165, 1.54) is 4.31 Å². The van der Waals surface area contributed by atoms with Crippen molar-refractivity contribution in [1.29, 1.82) is 0 Å². The number of hydrogen-bond donors (Lipinski definition) is 1. The van der Waals surface area contributed by atoms with Crippen LogP contribution in [0.5, 0.6) is 0 Å². The van der Waals surface area contributed by atoms with E-state index in [0.717, 1.165) is 23.1 Å². The van der Waals surface area contributed by atoms with Crippen LogP contribution >= 0.6 is 0 Å². The lowest BCUT2D eigenvalue weighted by Crippen LogP contribution is -2.50. The zero-order valence-electron chi connectivity index (χ0n) is 20.0. The van der Waals surface area contributed by atoms with Crippen LogP contribution in [0.4, 0.5) is 5.69 Å². The lowest BCUT2D eigenvalue weighted by molar-refractivity contribution is -0.121. The summed E-state index contributed by atoms with van der Waals surface area (Å²) in [7, 11) is -3.92. The largest absolute Gasteiger partial charge is 0.350 e. The Kier molecular flexibility index (Phi) is 7.26. The Labute approximate surface area is 187 Å². The molecule has 0 heterocycles. The topological polar surface area (TPSA) is 66.5 Å². The van der Waals surface area contributed by atoms with Crippen LogP contribution in [0.15, 0.2) is 47.4 Å². The molecule has 2 aromatic carbocycles. The maximum absolute atomic E-state index is 13.6. The van der Waals surface area contributed by atoms with Gasteiger partial charge in [0.25, 0.3) is 10.0 Å². The Morgan fingerprint density at radius 1 is 0.903 bits per heavy atom. The molecule has 0 aliphatic carbocycles. The van der Waals surface area contributed by atoms with Crippen molar-refractivity contribution in [3.8, 4) is 0 Å². The third kappa shape index (κ3) is 6.82. The number of anilines is 1. The number of carbonyl (C=O) groups is 1. The Morgan fingerprint density at radius 3 is 1.97 bits per heavy atom. The van der Waals surface area contributed by atoms with Gasteiger partial charge in [-0.1, -0.05) is 56.2 Å². The summed E-state index contributed by atoms with van der Waals surface area (Å²) in [4.78, 5) is 13.2. The maximum Gasteiger partial charge on any atom is 0.264 e. The third-order valence-corrected chi connectivity index (χ3v) is 6.74. The lowest BCUT2D eigenvalue weighted by atomic mass is 9.82. The molecule has 1 N–H and O–H groups in total. The van der Waals surface area contributed by atoms with Crippen LogP contribution in [0.1, 0.15) is 57.7 Å². The molecule has 0 aliphatic heterocycles. The molecule has 0 spiro atoms. The van der Waals surface area contributed by atoms with E-state index < -0.39 is 15.6 Å². The highest BCUT2D eigenvalue weighted by atomic mass is 32.2. The number of nitrogens with one attached hydrogen (secondary N) is 1. The molecule has 0 saturated heterocycles. The molecule has 1 amide bonds. The first-order valence-corrected chi connectivity index (χ1v) is 12.0. The van der Waals surface area contributed by atoms with Crippen molar-refractivity contribution >= 4 is 21.6 Å². The second kappa shape index (κ2) is 9.03. The van der Waals surface area contributed by atoms with E-state index in [4.69, 9.17) is 0 Å². The van der Waals surface area contributed by atoms with Crippen LogP contribution in [-0.2, 0) is 14.8 Å². The molecule has 0 aliphatic rings. The fraction of sp³-hybridized carbons (Fsp3) is 0.480. The molecule has 0 aromatic heterocycles. The smallest absolute Gasteiger partial charge is 0.264 e. The van der Waals surface area contributed by atoms with E-state index in [1.807, 2.05) is 46.8 Å². The minimum absolute atomic E-state index is 0.0258. The molecule has 31 heavy (non-hydrogen) atoms. The van der Waals surface area contributed by atoms with Crippen molar-refractivity contribution in [2.45, 2.75) is 72.2 Å². The van der Waals surface area contributed by atoms with E-state index in [-0.39, 0.29) is 22.8 Å². The summed E-state index contributed by atoms with van der Waals surface area (Å²) in [5.41, 5.74) is 2.88. The minimum atomic E-state index is -3.92. The molecular formula is C25H36N2O3S. The van der Waals surface area contributed by atoms with Gasteiger partial charge in [0, 0.05) is 5.54 Å². The number of rotatable bonds is 7. The second-order valence-electron chi connectivity index (χ2n) is 10.3. The van der Waals surface area contributed by atoms with Gasteiger partial charge in [0.05, 0.1) is 10.6 Å². The number of carbonyl (C=O) groups excluding carboxylic acids is 1. The van der Waals surface area contributed by atoms with Gasteiger partial charge in [0.2, 0.25) is 5.91 Å². The zero-order chi connectivity index (χ0) is 23.6. The van der Waals surface area contributed by atoms with E-state index in [1.54, 1.807) is 30.3 Å². The summed E-state index contributed by atoms with van der Waals surface area (Å²) >= 11 is 0. The van der Waals surface area contributed by atoms with Gasteiger partial charge in [-0.05, 0) is 70.2 Å². The van der Waals surface area contributed by atoms with Crippen molar-refractivity contribution in [2.75, 3.05) is 10.8 Å². The van der Waals surface area contributed by atoms with Gasteiger partial charge >= 0.3 is 0 Å². The summed E-state index contributed by atoms with van der Waals surface area (Å²) in [6.07, 6.45) is 0.764. The van der Waals surface area contributed by atoms with E-state index in [2.05, 4.69) is 26.1 Å². The highest BCUT2D eigenvalue weighted by Gasteiger charge is 2.31. The predicted molar refractivity (Wildman–Crippen MR) is 128 cm³/mol. The summed E-state index contributed by atoms with van der Waals surface area (Å²) in [5, 5.41) is 3.03. The first-order valence-electron chi connectivity index (χ1n) is 10.6. The molecule has 0 fully saturated rings. The minimum Gasteiger partial charge on any atom is -0.350 e. The maximum atomic E-state index is 13.6. The SMILES string of the molecule is Cc1ccc(S(=O)(=O)N(CC(=O)NC(C)(C)CC(C)(C)C)c2ccc(C)cc2C)cc1. The van der Waals surface area contributed by atoms with Crippen LogP contribution in [0.25, 0.3) is 0 Å². The molecule has 2 aromatic rings. The standard InChI is InChI=1S/C25H36N2O3S/c1-18-9-12-21(13-10-18)31(29,30)27(22-14-11-19(2)15-20(22)3)16-23(28)26-25(7,8)17-24(4,5)6/h9-15H,16-17H2,1-8H3,(H,26,28). The van der Waals surface area contributed by atoms with Gasteiger partial charge in [-0.25, -0.2) is 8.42 Å². The van der Waals surface area contributed by atoms with Gasteiger partial charge in [-0.3, -0.25) is 9.10 Å². The predicted octanol–water partition coefficient (Wildman–Crippen LogP) is 5.14. The molecule has 5 nitrogen and oxygen atoms in total. The Morgan fingerprint density at radius 2 is 1.45 bits per heavy atom. The van der Waals surface area contributed by atoms with Gasteiger partial charge in [-0.15, -0.1) is 0 Å². The van der Waals surface area contributed by atoms with E-state index in [0.29, 0.717) is 5.69 Å². The zero-order valence-corrected chi connectivity index (χ0v) is 20.9. The Hall–Kier alpha value is -2.34. The monoisotopic (exact) mass is 444 g/mol. The summed E-state index contributed by atoms with van der Waals surface area (Å²) < 4.78 is 28.3. The molecule has 0 radical (unpaired) electrons. The van der Waals surface area contributed by atoms with Gasteiger partial charge in [0.15, 0.2) is 0 Å². The third-order valence-electron chi connectivity index (χ3n) is 4.97. The fourth-order valence-corrected chi connectivity index (χ4v) is 5.63. The second-order valence-corrected chi connectivity index (χ2v) is 12.1. The number of amides is 1. The molecule has 0 atom stereocenters. The van der Waals surface area contributed by atoms with Gasteiger partial charge < -0.3 is 5.32 Å². The molecule has 0 bridgehead atoms. The lowest BCUT2D eigenvalue weighted by Gasteiger charge is -2.34. The Balaban J connectivity index is 2.43. The van der Waals surface area contributed by atoms with Crippen LogP contribution in [-0.4, -0.2) is 26.4 Å². The molecule has 0 saturated carbocycles. The average molecular weight is 445 g/mol. The first-order chi connectivity index (χ1) is 14.1. The molecular weight excluding hydrogens is 408 g/mol. The van der Waals surface area contributed by atoms with Crippen LogP contribution < -0.4 is 9.62 Å². The number of benzene rings is 2. The van der Waals surface area contributed by atoms with Crippen molar-refractivity contribution < 1.29 is 13.2 Å². The van der Waals surface area contributed by atoms with E-state index in [9.17, 15) is 13.2 Å². The van der Waals surface area contributed by atoms with Gasteiger partial charge in [-0.2, -0.15) is 0 Å². The molecule has 170 valence electrons. The van der Waals surface area contributed by atoms with Crippen molar-refractivity contribution in [1.82, 2.24) is 5.32 Å². The molecule has 6 heteroatoms. The summed E-state index contributed by atoms with van der Waals surface area (Å²) in [6, 6.07) is 12.3. The molecule has 2 rings (SSSR count). The van der Waals surface area contributed by atoms with Gasteiger partial charge in [0.1, 0.15) is 6.54 Å². The van der Waals surface area contributed by atoms with Crippen molar-refractivity contribution in [3.05, 3.63) is 59.2 Å². The van der Waals surface area contributed by atoms with Crippen LogP contribution in [0.3, 0.4) is 0 Å². The number of hydrogen-bond acceptors (Lipinski definition) is 3. The summed E-state index contributed by atoms with van der Waals surface area (Å²) in [6.45, 7) is 15.7. The average Bonchev–Trinajstić information content (AvgIpc) is 2.58. The number of nitrogens with zero attached hydrogens (tertiary/aromatic N) is 1. The van der Waals surface area contributed by atoms with Crippen LogP contribution in [0, 0.1) is 26.2 Å². The highest BCUT2D eigenvalue weighted by molar-refractivity contribution is 7.92. The highest BCUT2D eigenvalue weighted by Crippen LogP contribution is 2.29. The van der Waals surface area contributed by atoms with Crippen LogP contribution in [0.2, 0.25) is 0 Å². The normalized spacial score (nSPS) is 12.5. The first kappa shape index (κ1) is 24.9. The number of sulfonamides is 1. The van der Waals surface area contributed by atoms with Crippen molar-refractivity contribution in [2.24, 2.45) is 5.41 Å². The van der Waals surface area contributed by atoms with E-state index >= 15 is 0 Å². The Bertz CT molecular complexity index is 1030. The number of aryl methyl sites for hydroxylation is 3. The summed E-state index contributed by atoms with van der Waals surface area (Å²) in [5.74, 6) is -0.329. The molecule has 0 unspecified atom stereocenters. The quantitative estimate of drug-likeness (QED) is 0.643. The fourth-order valence-electron chi connectivity index (χ4n) is 4.14.